The lowest BCUT2D eigenvalue weighted by molar-refractivity contribution is -0.137. The zero-order chi connectivity index (χ0) is 14.0. The van der Waals surface area contributed by atoms with Gasteiger partial charge in [-0.1, -0.05) is 26.0 Å². The topological polar surface area (TPSA) is 12.0 Å². The molecule has 1 aliphatic rings. The normalized spacial score (nSPS) is 28.2. The van der Waals surface area contributed by atoms with Crippen LogP contribution in [0, 0.1) is 11.8 Å². The van der Waals surface area contributed by atoms with Crippen molar-refractivity contribution in [3.8, 4) is 0 Å². The fraction of sp³-hybridized carbons (Fsp3) is 0.600. The van der Waals surface area contributed by atoms with Crippen LogP contribution in [0.5, 0.6) is 0 Å². The van der Waals surface area contributed by atoms with Crippen LogP contribution in [0.2, 0.25) is 0 Å². The molecule has 1 N–H and O–H groups in total. The number of para-hydroxylation sites is 1. The van der Waals surface area contributed by atoms with Crippen molar-refractivity contribution in [2.75, 3.05) is 5.32 Å². The number of hydrogen-bond donors (Lipinski definition) is 1. The van der Waals surface area contributed by atoms with Gasteiger partial charge in [-0.25, -0.2) is 0 Å². The van der Waals surface area contributed by atoms with Gasteiger partial charge in [-0.15, -0.1) is 0 Å². The molecule has 1 saturated carbocycles. The SMILES string of the molecule is CC1CCC(Nc2ccccc2C(F)(F)F)CC1C. The molecule has 106 valence electrons. The molecular formula is C15H20F3N. The molecule has 0 spiro atoms. The molecule has 1 aromatic carbocycles. The van der Waals surface area contributed by atoms with E-state index in [2.05, 4.69) is 19.2 Å². The molecule has 4 heteroatoms. The summed E-state index contributed by atoms with van der Waals surface area (Å²) in [7, 11) is 0. The van der Waals surface area contributed by atoms with Crippen molar-refractivity contribution in [1.82, 2.24) is 0 Å². The van der Waals surface area contributed by atoms with E-state index in [1.54, 1.807) is 6.07 Å². The van der Waals surface area contributed by atoms with Gasteiger partial charge in [0.05, 0.1) is 5.56 Å². The van der Waals surface area contributed by atoms with Gasteiger partial charge >= 0.3 is 6.18 Å². The van der Waals surface area contributed by atoms with E-state index in [4.69, 9.17) is 0 Å². The maximum atomic E-state index is 12.9. The van der Waals surface area contributed by atoms with E-state index >= 15 is 0 Å². The average Bonchev–Trinajstić information content (AvgIpc) is 2.33. The third-order valence-corrected chi connectivity index (χ3v) is 4.19. The molecule has 2 rings (SSSR count). The van der Waals surface area contributed by atoms with E-state index in [1.807, 2.05) is 0 Å². The highest BCUT2D eigenvalue weighted by Gasteiger charge is 2.34. The number of nitrogens with one attached hydrogen (secondary N) is 1. The Morgan fingerprint density at radius 3 is 2.37 bits per heavy atom. The zero-order valence-corrected chi connectivity index (χ0v) is 11.3. The van der Waals surface area contributed by atoms with Gasteiger partial charge in [-0.3, -0.25) is 0 Å². The molecule has 0 aliphatic heterocycles. The summed E-state index contributed by atoms with van der Waals surface area (Å²) in [6, 6.07) is 5.88. The minimum Gasteiger partial charge on any atom is -0.382 e. The van der Waals surface area contributed by atoms with E-state index in [0.717, 1.165) is 25.3 Å². The van der Waals surface area contributed by atoms with Gasteiger partial charge in [0.25, 0.3) is 0 Å². The van der Waals surface area contributed by atoms with Gasteiger partial charge in [0.15, 0.2) is 0 Å². The molecular weight excluding hydrogens is 251 g/mol. The van der Waals surface area contributed by atoms with E-state index in [1.165, 1.54) is 12.1 Å². The second kappa shape index (κ2) is 5.43. The maximum absolute atomic E-state index is 12.9. The van der Waals surface area contributed by atoms with Gasteiger partial charge < -0.3 is 5.32 Å². The Kier molecular flexibility index (Phi) is 4.07. The average molecular weight is 271 g/mol. The molecule has 0 bridgehead atoms. The highest BCUT2D eigenvalue weighted by atomic mass is 19.4. The molecule has 0 heterocycles. The molecule has 1 nitrogen and oxygen atoms in total. The van der Waals surface area contributed by atoms with Crippen molar-refractivity contribution in [1.29, 1.82) is 0 Å². The van der Waals surface area contributed by atoms with Crippen LogP contribution in [-0.2, 0) is 6.18 Å². The number of benzene rings is 1. The smallest absolute Gasteiger partial charge is 0.382 e. The second-order valence-corrected chi connectivity index (χ2v) is 5.65. The largest absolute Gasteiger partial charge is 0.418 e. The molecule has 1 aliphatic carbocycles. The lowest BCUT2D eigenvalue weighted by Gasteiger charge is -2.33. The van der Waals surface area contributed by atoms with Crippen LogP contribution in [0.15, 0.2) is 24.3 Å². The lowest BCUT2D eigenvalue weighted by atomic mass is 9.79. The molecule has 3 unspecified atom stereocenters. The quantitative estimate of drug-likeness (QED) is 0.803. The Labute approximate surface area is 112 Å². The standard InChI is InChI=1S/C15H20F3N/c1-10-7-8-12(9-11(10)2)19-14-6-4-3-5-13(14)15(16,17)18/h3-6,10-12,19H,7-9H2,1-2H3. The molecule has 0 radical (unpaired) electrons. The molecule has 1 aromatic rings. The molecule has 19 heavy (non-hydrogen) atoms. The predicted molar refractivity (Wildman–Crippen MR) is 71.0 cm³/mol. The Balaban J connectivity index is 2.12. The van der Waals surface area contributed by atoms with Gasteiger partial charge in [0.2, 0.25) is 0 Å². The van der Waals surface area contributed by atoms with Crippen molar-refractivity contribution in [2.45, 2.75) is 45.3 Å². The van der Waals surface area contributed by atoms with Crippen LogP contribution in [-0.4, -0.2) is 6.04 Å². The fourth-order valence-electron chi connectivity index (χ4n) is 2.75. The third-order valence-electron chi connectivity index (χ3n) is 4.19. The Morgan fingerprint density at radius 1 is 1.05 bits per heavy atom. The first-order chi connectivity index (χ1) is 8.88. The van der Waals surface area contributed by atoms with Crippen LogP contribution in [0.25, 0.3) is 0 Å². The van der Waals surface area contributed by atoms with Crippen LogP contribution in [0.4, 0.5) is 18.9 Å². The molecule has 0 amide bonds. The maximum Gasteiger partial charge on any atom is 0.418 e. The summed E-state index contributed by atoms with van der Waals surface area (Å²) in [5.41, 5.74) is -0.358. The summed E-state index contributed by atoms with van der Waals surface area (Å²) in [5, 5.41) is 3.09. The minimum atomic E-state index is -4.29. The lowest BCUT2D eigenvalue weighted by Crippen LogP contribution is -2.31. The van der Waals surface area contributed by atoms with Crippen LogP contribution in [0.1, 0.15) is 38.7 Å². The summed E-state index contributed by atoms with van der Waals surface area (Å²) in [5.74, 6) is 1.22. The van der Waals surface area contributed by atoms with Gasteiger partial charge in [-0.2, -0.15) is 13.2 Å². The fourth-order valence-corrected chi connectivity index (χ4v) is 2.75. The van der Waals surface area contributed by atoms with Gasteiger partial charge in [0, 0.05) is 11.7 Å². The van der Waals surface area contributed by atoms with Crippen LogP contribution < -0.4 is 5.32 Å². The van der Waals surface area contributed by atoms with E-state index in [-0.39, 0.29) is 11.7 Å². The Bertz CT molecular complexity index is 428. The van der Waals surface area contributed by atoms with Crippen molar-refractivity contribution < 1.29 is 13.2 Å². The van der Waals surface area contributed by atoms with Crippen LogP contribution in [0.3, 0.4) is 0 Å². The number of halogens is 3. The third kappa shape index (κ3) is 3.43. The molecule has 0 saturated heterocycles. The van der Waals surface area contributed by atoms with Crippen molar-refractivity contribution >= 4 is 5.69 Å². The van der Waals surface area contributed by atoms with Crippen molar-refractivity contribution in [3.05, 3.63) is 29.8 Å². The number of anilines is 1. The minimum absolute atomic E-state index is 0.148. The first-order valence-corrected chi connectivity index (χ1v) is 6.80. The zero-order valence-electron chi connectivity index (χ0n) is 11.3. The van der Waals surface area contributed by atoms with Crippen LogP contribution >= 0.6 is 0 Å². The summed E-state index contributed by atoms with van der Waals surface area (Å²) in [6.45, 7) is 4.39. The first-order valence-electron chi connectivity index (χ1n) is 6.80. The molecule has 0 aromatic heterocycles. The van der Waals surface area contributed by atoms with Crippen molar-refractivity contribution in [3.63, 3.8) is 0 Å². The number of rotatable bonds is 2. The highest BCUT2D eigenvalue weighted by Crippen LogP contribution is 2.37. The van der Waals surface area contributed by atoms with Gasteiger partial charge in [0.1, 0.15) is 0 Å². The van der Waals surface area contributed by atoms with E-state index in [0.29, 0.717) is 11.8 Å². The van der Waals surface area contributed by atoms with Crippen molar-refractivity contribution in [2.24, 2.45) is 11.8 Å². The Hall–Kier alpha value is -1.19. The first kappa shape index (κ1) is 14.2. The summed E-state index contributed by atoms with van der Waals surface area (Å²) in [4.78, 5) is 0. The highest BCUT2D eigenvalue weighted by molar-refractivity contribution is 5.53. The summed E-state index contributed by atoms with van der Waals surface area (Å²) in [6.07, 6.45) is -1.34. The van der Waals surface area contributed by atoms with Gasteiger partial charge in [-0.05, 0) is 43.2 Å². The monoisotopic (exact) mass is 271 g/mol. The number of hydrogen-bond acceptors (Lipinski definition) is 1. The predicted octanol–water partition coefficient (Wildman–Crippen LogP) is 4.94. The number of alkyl halides is 3. The second-order valence-electron chi connectivity index (χ2n) is 5.65. The molecule has 1 fully saturated rings. The van der Waals surface area contributed by atoms with E-state index < -0.39 is 11.7 Å². The molecule has 3 atom stereocenters. The summed E-state index contributed by atoms with van der Waals surface area (Å²) < 4.78 is 38.7. The summed E-state index contributed by atoms with van der Waals surface area (Å²) >= 11 is 0. The Morgan fingerprint density at radius 2 is 1.74 bits per heavy atom. The van der Waals surface area contributed by atoms with E-state index in [9.17, 15) is 13.2 Å².